The molecule has 1 aliphatic heterocycles. The van der Waals surface area contributed by atoms with Gasteiger partial charge in [0.15, 0.2) is 0 Å². The lowest BCUT2D eigenvalue weighted by Gasteiger charge is -2.34. The summed E-state index contributed by atoms with van der Waals surface area (Å²) < 4.78 is 5.39. The molecule has 1 N–H and O–H groups in total. The van der Waals surface area contributed by atoms with Gasteiger partial charge in [0.05, 0.1) is 13.2 Å². The van der Waals surface area contributed by atoms with E-state index in [4.69, 9.17) is 16.3 Å². The molecule has 0 radical (unpaired) electrons. The molecule has 1 unspecified atom stereocenters. The fourth-order valence-electron chi connectivity index (χ4n) is 2.12. The number of nitrogens with zero attached hydrogens (tertiary/aromatic N) is 1. The van der Waals surface area contributed by atoms with Crippen molar-refractivity contribution in [2.75, 3.05) is 33.8 Å². The molecule has 1 fully saturated rings. The monoisotopic (exact) mass is 240 g/mol. The lowest BCUT2D eigenvalue weighted by atomic mass is 10.0. The number of methoxy groups -OCH3 is 1. The Bertz CT molecular complexity index is 370. The van der Waals surface area contributed by atoms with Gasteiger partial charge in [-0.1, -0.05) is 11.6 Å². The average Bonchev–Trinajstić information content (AvgIpc) is 2.29. The Morgan fingerprint density at radius 3 is 3.00 bits per heavy atom. The van der Waals surface area contributed by atoms with Gasteiger partial charge in [0.25, 0.3) is 0 Å². The van der Waals surface area contributed by atoms with Crippen molar-refractivity contribution in [2.24, 2.45) is 0 Å². The van der Waals surface area contributed by atoms with Crippen LogP contribution in [0, 0.1) is 0 Å². The maximum Gasteiger partial charge on any atom is 0.123 e. The zero-order valence-electron chi connectivity index (χ0n) is 9.66. The Hall–Kier alpha value is -0.770. The van der Waals surface area contributed by atoms with E-state index in [1.165, 1.54) is 0 Å². The van der Waals surface area contributed by atoms with Gasteiger partial charge in [-0.3, -0.25) is 4.90 Å². The fraction of sp³-hybridized carbons (Fsp3) is 0.500. The van der Waals surface area contributed by atoms with Crippen LogP contribution in [0.15, 0.2) is 18.2 Å². The molecule has 0 saturated carbocycles. The number of benzene rings is 1. The second kappa shape index (κ2) is 5.04. The van der Waals surface area contributed by atoms with Gasteiger partial charge in [-0.2, -0.15) is 0 Å². The highest BCUT2D eigenvalue weighted by Gasteiger charge is 2.23. The molecular formula is C12H17ClN2O. The third-order valence-electron chi connectivity index (χ3n) is 3.06. The van der Waals surface area contributed by atoms with Gasteiger partial charge in [0, 0.05) is 30.2 Å². The van der Waals surface area contributed by atoms with Gasteiger partial charge in [-0.05, 0) is 25.2 Å². The van der Waals surface area contributed by atoms with Gasteiger partial charge in [-0.25, -0.2) is 0 Å². The molecule has 0 spiro atoms. The molecule has 1 aromatic carbocycles. The maximum atomic E-state index is 6.05. The number of hydrogen-bond donors (Lipinski definition) is 1. The summed E-state index contributed by atoms with van der Waals surface area (Å²) in [4.78, 5) is 2.32. The lowest BCUT2D eigenvalue weighted by Crippen LogP contribution is -2.43. The number of hydrogen-bond acceptors (Lipinski definition) is 3. The van der Waals surface area contributed by atoms with Crippen molar-refractivity contribution in [3.63, 3.8) is 0 Å². The minimum Gasteiger partial charge on any atom is -0.496 e. The Kier molecular flexibility index (Phi) is 3.69. The highest BCUT2D eigenvalue weighted by Crippen LogP contribution is 2.31. The van der Waals surface area contributed by atoms with Gasteiger partial charge < -0.3 is 10.1 Å². The number of nitrogens with one attached hydrogen (secondary N) is 1. The summed E-state index contributed by atoms with van der Waals surface area (Å²) in [6, 6.07) is 6.12. The summed E-state index contributed by atoms with van der Waals surface area (Å²) in [6.45, 7) is 3.02. The Morgan fingerprint density at radius 1 is 1.50 bits per heavy atom. The van der Waals surface area contributed by atoms with E-state index in [0.717, 1.165) is 36.0 Å². The van der Waals surface area contributed by atoms with Crippen molar-refractivity contribution in [2.45, 2.75) is 6.04 Å². The zero-order chi connectivity index (χ0) is 11.5. The highest BCUT2D eigenvalue weighted by atomic mass is 35.5. The summed E-state index contributed by atoms with van der Waals surface area (Å²) in [6.07, 6.45) is 0. The molecule has 1 aliphatic rings. The smallest absolute Gasteiger partial charge is 0.123 e. The van der Waals surface area contributed by atoms with Crippen LogP contribution in [0.3, 0.4) is 0 Å². The Labute approximate surface area is 101 Å². The van der Waals surface area contributed by atoms with Crippen molar-refractivity contribution < 1.29 is 4.74 Å². The second-order valence-electron chi connectivity index (χ2n) is 4.09. The Balaban J connectivity index is 2.33. The van der Waals surface area contributed by atoms with Crippen LogP contribution in [0.4, 0.5) is 0 Å². The van der Waals surface area contributed by atoms with Crippen LogP contribution in [0.2, 0.25) is 5.02 Å². The van der Waals surface area contributed by atoms with Crippen LogP contribution in [0.25, 0.3) is 0 Å². The number of piperazine rings is 1. The number of ether oxygens (including phenoxy) is 1. The molecule has 3 nitrogen and oxygen atoms in total. The van der Waals surface area contributed by atoms with Crippen LogP contribution >= 0.6 is 11.6 Å². The van der Waals surface area contributed by atoms with Gasteiger partial charge in [0.1, 0.15) is 5.75 Å². The fourth-order valence-corrected chi connectivity index (χ4v) is 2.30. The first-order chi connectivity index (χ1) is 7.72. The third kappa shape index (κ3) is 2.32. The standard InChI is InChI=1S/C12H17ClN2O/c1-15-6-5-14-8-11(15)10-7-9(13)3-4-12(10)16-2/h3-4,7,11,14H,5-6,8H2,1-2H3. The van der Waals surface area contributed by atoms with Crippen molar-refractivity contribution in [1.82, 2.24) is 10.2 Å². The molecule has 16 heavy (non-hydrogen) atoms. The van der Waals surface area contributed by atoms with Crippen molar-refractivity contribution in [1.29, 1.82) is 0 Å². The topological polar surface area (TPSA) is 24.5 Å². The van der Waals surface area contributed by atoms with Crippen LogP contribution < -0.4 is 10.1 Å². The maximum absolute atomic E-state index is 6.05. The molecule has 1 atom stereocenters. The number of likely N-dealkylation sites (N-methyl/N-ethyl adjacent to an activating group) is 1. The molecule has 1 aromatic rings. The van der Waals surface area contributed by atoms with E-state index in [9.17, 15) is 0 Å². The van der Waals surface area contributed by atoms with Gasteiger partial charge >= 0.3 is 0 Å². The minimum absolute atomic E-state index is 0.336. The molecular weight excluding hydrogens is 224 g/mol. The molecule has 4 heteroatoms. The molecule has 2 rings (SSSR count). The first-order valence-corrected chi connectivity index (χ1v) is 5.84. The number of halogens is 1. The molecule has 0 amide bonds. The van der Waals surface area contributed by atoms with E-state index in [-0.39, 0.29) is 0 Å². The van der Waals surface area contributed by atoms with E-state index in [2.05, 4.69) is 17.3 Å². The SMILES string of the molecule is COc1ccc(Cl)cc1C1CNCCN1C. The van der Waals surface area contributed by atoms with E-state index < -0.39 is 0 Å². The van der Waals surface area contributed by atoms with E-state index in [1.54, 1.807) is 7.11 Å². The molecule has 88 valence electrons. The summed E-state index contributed by atoms with van der Waals surface area (Å²) in [5.41, 5.74) is 1.16. The van der Waals surface area contributed by atoms with Gasteiger partial charge in [0.2, 0.25) is 0 Å². The molecule has 0 bridgehead atoms. The summed E-state index contributed by atoms with van der Waals surface area (Å²) in [5, 5.41) is 4.15. The number of rotatable bonds is 2. The normalized spacial score (nSPS) is 22.1. The molecule has 0 aromatic heterocycles. The van der Waals surface area contributed by atoms with Crippen LogP contribution in [0.5, 0.6) is 5.75 Å². The summed E-state index contributed by atoms with van der Waals surface area (Å²) >= 11 is 6.05. The largest absolute Gasteiger partial charge is 0.496 e. The van der Waals surface area contributed by atoms with E-state index in [1.807, 2.05) is 18.2 Å². The van der Waals surface area contributed by atoms with Crippen LogP contribution in [0.1, 0.15) is 11.6 Å². The quantitative estimate of drug-likeness (QED) is 0.855. The zero-order valence-corrected chi connectivity index (χ0v) is 10.4. The average molecular weight is 241 g/mol. The molecule has 1 heterocycles. The second-order valence-corrected chi connectivity index (χ2v) is 4.52. The van der Waals surface area contributed by atoms with Gasteiger partial charge in [-0.15, -0.1) is 0 Å². The van der Waals surface area contributed by atoms with Crippen molar-refractivity contribution >= 4 is 11.6 Å². The van der Waals surface area contributed by atoms with Crippen LogP contribution in [-0.4, -0.2) is 38.7 Å². The molecule has 0 aliphatic carbocycles. The third-order valence-corrected chi connectivity index (χ3v) is 3.30. The van der Waals surface area contributed by atoms with E-state index >= 15 is 0 Å². The Morgan fingerprint density at radius 2 is 2.31 bits per heavy atom. The highest BCUT2D eigenvalue weighted by molar-refractivity contribution is 6.30. The predicted molar refractivity (Wildman–Crippen MR) is 66.2 cm³/mol. The lowest BCUT2D eigenvalue weighted by molar-refractivity contribution is 0.198. The molecule has 1 saturated heterocycles. The van der Waals surface area contributed by atoms with Crippen LogP contribution in [-0.2, 0) is 0 Å². The van der Waals surface area contributed by atoms with Crippen molar-refractivity contribution in [3.8, 4) is 5.75 Å². The first-order valence-electron chi connectivity index (χ1n) is 5.47. The first kappa shape index (κ1) is 11.7. The predicted octanol–water partition coefficient (Wildman–Crippen LogP) is 1.92. The summed E-state index contributed by atoms with van der Waals surface area (Å²) in [7, 11) is 3.83. The van der Waals surface area contributed by atoms with Crippen molar-refractivity contribution in [3.05, 3.63) is 28.8 Å². The minimum atomic E-state index is 0.336. The summed E-state index contributed by atoms with van der Waals surface area (Å²) in [5.74, 6) is 0.907. The van der Waals surface area contributed by atoms with E-state index in [0.29, 0.717) is 6.04 Å².